The van der Waals surface area contributed by atoms with Crippen molar-refractivity contribution < 1.29 is 9.13 Å². The predicted octanol–water partition coefficient (Wildman–Crippen LogP) is 3.14. The standard InChI is InChI=1S/C19H24FN5OS/c1-14(2)26-12-11-23-7-9-24(10-8-23)19-22-25-13-17(21-18(25)27-19)15-3-5-16(20)6-4-15/h3-6,13-14H,7-12H2,1-2H3. The fourth-order valence-electron chi connectivity index (χ4n) is 3.16. The summed E-state index contributed by atoms with van der Waals surface area (Å²) in [6.07, 6.45) is 2.19. The van der Waals surface area contributed by atoms with Crippen molar-refractivity contribution >= 4 is 21.4 Å². The molecule has 0 N–H and O–H groups in total. The highest BCUT2D eigenvalue weighted by Crippen LogP contribution is 2.27. The number of ether oxygens (including phenoxy) is 1. The number of fused-ring (bicyclic) bond motifs is 1. The molecular formula is C19H24FN5OS. The van der Waals surface area contributed by atoms with Gasteiger partial charge in [-0.25, -0.2) is 13.9 Å². The average Bonchev–Trinajstić information content (AvgIpc) is 3.22. The highest BCUT2D eigenvalue weighted by atomic mass is 32.1. The largest absolute Gasteiger partial charge is 0.377 e. The van der Waals surface area contributed by atoms with Gasteiger partial charge in [0.2, 0.25) is 10.1 Å². The topological polar surface area (TPSA) is 45.9 Å². The third-order valence-electron chi connectivity index (χ3n) is 4.67. The molecule has 27 heavy (non-hydrogen) atoms. The third kappa shape index (κ3) is 4.28. The summed E-state index contributed by atoms with van der Waals surface area (Å²) in [6, 6.07) is 6.39. The summed E-state index contributed by atoms with van der Waals surface area (Å²) < 4.78 is 20.5. The average molecular weight is 390 g/mol. The molecule has 0 atom stereocenters. The number of anilines is 1. The molecule has 1 aliphatic heterocycles. The first-order valence-corrected chi connectivity index (χ1v) is 10.1. The summed E-state index contributed by atoms with van der Waals surface area (Å²) in [5.41, 5.74) is 1.71. The number of aromatic nitrogens is 3. The Bertz CT molecular complexity index is 852. The minimum atomic E-state index is -0.241. The summed E-state index contributed by atoms with van der Waals surface area (Å²) in [5.74, 6) is -0.241. The minimum Gasteiger partial charge on any atom is -0.377 e. The van der Waals surface area contributed by atoms with Gasteiger partial charge in [0.15, 0.2) is 0 Å². The zero-order valence-electron chi connectivity index (χ0n) is 15.6. The van der Waals surface area contributed by atoms with Crippen molar-refractivity contribution in [1.82, 2.24) is 19.5 Å². The normalized spacial score (nSPS) is 15.9. The number of rotatable bonds is 6. The Morgan fingerprint density at radius 3 is 2.56 bits per heavy atom. The van der Waals surface area contributed by atoms with E-state index >= 15 is 0 Å². The number of piperazine rings is 1. The van der Waals surface area contributed by atoms with Crippen LogP contribution in [0.15, 0.2) is 30.5 Å². The van der Waals surface area contributed by atoms with Gasteiger partial charge < -0.3 is 9.64 Å². The maximum absolute atomic E-state index is 13.1. The van der Waals surface area contributed by atoms with Crippen LogP contribution in [0.1, 0.15) is 13.8 Å². The summed E-state index contributed by atoms with van der Waals surface area (Å²) >= 11 is 1.59. The van der Waals surface area contributed by atoms with Gasteiger partial charge in [0.25, 0.3) is 0 Å². The second kappa shape index (κ2) is 7.92. The Balaban J connectivity index is 1.37. The van der Waals surface area contributed by atoms with Gasteiger partial charge in [-0.3, -0.25) is 4.90 Å². The molecule has 0 bridgehead atoms. The Labute approximate surface area is 162 Å². The molecule has 1 fully saturated rings. The highest BCUT2D eigenvalue weighted by Gasteiger charge is 2.20. The van der Waals surface area contributed by atoms with Crippen molar-refractivity contribution in [3.05, 3.63) is 36.3 Å². The monoisotopic (exact) mass is 389 g/mol. The van der Waals surface area contributed by atoms with Crippen LogP contribution >= 0.6 is 11.3 Å². The zero-order valence-corrected chi connectivity index (χ0v) is 16.5. The number of halogens is 1. The lowest BCUT2D eigenvalue weighted by Crippen LogP contribution is -2.47. The molecule has 0 saturated carbocycles. The van der Waals surface area contributed by atoms with Crippen LogP contribution in [0.3, 0.4) is 0 Å². The number of hydrogen-bond donors (Lipinski definition) is 0. The Morgan fingerprint density at radius 2 is 1.89 bits per heavy atom. The van der Waals surface area contributed by atoms with Crippen LogP contribution in [0.25, 0.3) is 16.2 Å². The molecule has 0 unspecified atom stereocenters. The van der Waals surface area contributed by atoms with Crippen molar-refractivity contribution in [3.8, 4) is 11.3 Å². The Hall–Kier alpha value is -2.03. The van der Waals surface area contributed by atoms with E-state index < -0.39 is 0 Å². The van der Waals surface area contributed by atoms with Gasteiger partial charge in [0, 0.05) is 38.3 Å². The lowest BCUT2D eigenvalue weighted by Gasteiger charge is -2.34. The van der Waals surface area contributed by atoms with E-state index in [-0.39, 0.29) is 11.9 Å². The summed E-state index contributed by atoms with van der Waals surface area (Å²) in [6.45, 7) is 9.86. The quantitative estimate of drug-likeness (QED) is 0.648. The highest BCUT2D eigenvalue weighted by molar-refractivity contribution is 7.20. The summed E-state index contributed by atoms with van der Waals surface area (Å²) in [5, 5.41) is 5.69. The van der Waals surface area contributed by atoms with E-state index in [0.29, 0.717) is 0 Å². The van der Waals surface area contributed by atoms with Gasteiger partial charge in [-0.1, -0.05) is 11.3 Å². The van der Waals surface area contributed by atoms with Crippen molar-refractivity contribution in [3.63, 3.8) is 0 Å². The van der Waals surface area contributed by atoms with Crippen molar-refractivity contribution in [1.29, 1.82) is 0 Å². The second-order valence-corrected chi connectivity index (χ2v) is 7.93. The molecule has 0 aliphatic carbocycles. The number of imidazole rings is 1. The Morgan fingerprint density at radius 1 is 1.15 bits per heavy atom. The minimum absolute atomic E-state index is 0.241. The van der Waals surface area contributed by atoms with Crippen molar-refractivity contribution in [2.75, 3.05) is 44.2 Å². The van der Waals surface area contributed by atoms with Gasteiger partial charge >= 0.3 is 0 Å². The van der Waals surface area contributed by atoms with Crippen LogP contribution in [0.2, 0.25) is 0 Å². The maximum atomic E-state index is 13.1. The van der Waals surface area contributed by atoms with Crippen LogP contribution in [0.4, 0.5) is 9.52 Å². The van der Waals surface area contributed by atoms with E-state index in [9.17, 15) is 4.39 Å². The van der Waals surface area contributed by atoms with Crippen molar-refractivity contribution in [2.24, 2.45) is 0 Å². The van der Waals surface area contributed by atoms with Crippen LogP contribution < -0.4 is 4.90 Å². The van der Waals surface area contributed by atoms with Gasteiger partial charge in [0.05, 0.1) is 24.6 Å². The molecule has 1 aromatic carbocycles. The summed E-state index contributed by atoms with van der Waals surface area (Å²) in [7, 11) is 0. The fraction of sp³-hybridized carbons (Fsp3) is 0.474. The molecular weight excluding hydrogens is 365 g/mol. The zero-order chi connectivity index (χ0) is 18.8. The SMILES string of the molecule is CC(C)OCCN1CCN(c2nn3cc(-c4ccc(F)cc4)nc3s2)CC1. The maximum Gasteiger partial charge on any atom is 0.214 e. The Kier molecular flexibility index (Phi) is 5.38. The van der Waals surface area contributed by atoms with E-state index in [2.05, 4.69) is 28.6 Å². The van der Waals surface area contributed by atoms with Crippen LogP contribution in [0.5, 0.6) is 0 Å². The molecule has 4 rings (SSSR count). The molecule has 1 saturated heterocycles. The van der Waals surface area contributed by atoms with E-state index in [1.54, 1.807) is 23.5 Å². The van der Waals surface area contributed by atoms with Crippen LogP contribution in [-0.4, -0.2) is 64.9 Å². The van der Waals surface area contributed by atoms with Crippen LogP contribution in [-0.2, 0) is 4.74 Å². The van der Waals surface area contributed by atoms with E-state index in [0.717, 1.165) is 60.7 Å². The molecule has 2 aromatic heterocycles. The van der Waals surface area contributed by atoms with E-state index in [1.807, 2.05) is 10.7 Å². The molecule has 6 nitrogen and oxygen atoms in total. The van der Waals surface area contributed by atoms with E-state index in [4.69, 9.17) is 9.84 Å². The van der Waals surface area contributed by atoms with Crippen LogP contribution in [0, 0.1) is 5.82 Å². The second-order valence-electron chi connectivity index (χ2n) is 6.99. The molecule has 144 valence electrons. The molecule has 0 spiro atoms. The van der Waals surface area contributed by atoms with Gasteiger partial charge in [-0.2, -0.15) is 0 Å². The van der Waals surface area contributed by atoms with Crippen molar-refractivity contribution in [2.45, 2.75) is 20.0 Å². The molecule has 3 heterocycles. The first kappa shape index (κ1) is 18.3. The predicted molar refractivity (Wildman–Crippen MR) is 106 cm³/mol. The fourth-order valence-corrected chi connectivity index (χ4v) is 4.09. The number of hydrogen-bond acceptors (Lipinski definition) is 6. The molecule has 8 heteroatoms. The smallest absolute Gasteiger partial charge is 0.214 e. The van der Waals surface area contributed by atoms with E-state index in [1.165, 1.54) is 12.1 Å². The first-order valence-electron chi connectivity index (χ1n) is 9.29. The molecule has 0 radical (unpaired) electrons. The number of benzene rings is 1. The lowest BCUT2D eigenvalue weighted by atomic mass is 10.2. The van der Waals surface area contributed by atoms with Gasteiger partial charge in [-0.05, 0) is 38.1 Å². The third-order valence-corrected chi connectivity index (χ3v) is 5.66. The summed E-state index contributed by atoms with van der Waals surface area (Å²) in [4.78, 5) is 10.3. The first-order chi connectivity index (χ1) is 13.1. The molecule has 3 aromatic rings. The van der Waals surface area contributed by atoms with Gasteiger partial charge in [-0.15, -0.1) is 5.10 Å². The lowest BCUT2D eigenvalue weighted by molar-refractivity contribution is 0.0579. The number of nitrogens with zero attached hydrogens (tertiary/aromatic N) is 5. The molecule has 0 amide bonds. The molecule has 1 aliphatic rings. The van der Waals surface area contributed by atoms with Gasteiger partial charge in [0.1, 0.15) is 5.82 Å².